The third kappa shape index (κ3) is 5.23. The van der Waals surface area contributed by atoms with Gasteiger partial charge in [-0.3, -0.25) is 9.69 Å². The number of benzene rings is 3. The molecule has 3 aromatic rings. The molecule has 1 saturated heterocycles. The second-order valence-corrected chi connectivity index (χ2v) is 10.2. The van der Waals surface area contributed by atoms with Gasteiger partial charge in [0.05, 0.1) is 12.5 Å². The number of hydrogen-bond donors (Lipinski definition) is 0. The van der Waals surface area contributed by atoms with Crippen molar-refractivity contribution in [3.63, 3.8) is 0 Å². The Kier molecular flexibility index (Phi) is 7.49. The van der Waals surface area contributed by atoms with E-state index in [0.717, 1.165) is 69.7 Å². The minimum absolute atomic E-state index is 0.286. The maximum Gasteiger partial charge on any atom is 0.233 e. The predicted molar refractivity (Wildman–Crippen MR) is 143 cm³/mol. The fourth-order valence-electron chi connectivity index (χ4n) is 5.58. The van der Waals surface area contributed by atoms with E-state index >= 15 is 0 Å². The monoisotopic (exact) mass is 504 g/mol. The van der Waals surface area contributed by atoms with Crippen molar-refractivity contribution < 1.29 is 14.3 Å². The summed E-state index contributed by atoms with van der Waals surface area (Å²) in [5.74, 6) is 2.49. The second kappa shape index (κ2) is 10.9. The van der Waals surface area contributed by atoms with Crippen molar-refractivity contribution in [3.05, 3.63) is 88.9 Å². The van der Waals surface area contributed by atoms with Gasteiger partial charge < -0.3 is 14.4 Å². The molecule has 3 aromatic carbocycles. The third-order valence-corrected chi connectivity index (χ3v) is 7.78. The van der Waals surface area contributed by atoms with E-state index in [4.69, 9.17) is 21.1 Å². The Morgan fingerprint density at radius 1 is 0.889 bits per heavy atom. The molecule has 2 aliphatic rings. The van der Waals surface area contributed by atoms with E-state index in [-0.39, 0.29) is 5.91 Å². The van der Waals surface area contributed by atoms with Gasteiger partial charge in [-0.25, -0.2) is 0 Å². The predicted octanol–water partition coefficient (Wildman–Crippen LogP) is 6.30. The summed E-state index contributed by atoms with van der Waals surface area (Å²) < 4.78 is 11.5. The largest absolute Gasteiger partial charge is 0.493 e. The molecule has 1 saturated carbocycles. The van der Waals surface area contributed by atoms with E-state index in [1.165, 1.54) is 5.56 Å². The maximum absolute atomic E-state index is 13.8. The summed E-state index contributed by atoms with van der Waals surface area (Å²) in [6.07, 6.45) is 4.04. The number of hydrogen-bond acceptors (Lipinski definition) is 4. The third-order valence-electron chi connectivity index (χ3n) is 7.52. The van der Waals surface area contributed by atoms with Crippen LogP contribution in [0.3, 0.4) is 0 Å². The van der Waals surface area contributed by atoms with Crippen LogP contribution in [0.4, 0.5) is 0 Å². The van der Waals surface area contributed by atoms with Crippen LogP contribution in [0.1, 0.15) is 36.8 Å². The summed E-state index contributed by atoms with van der Waals surface area (Å²) in [7, 11) is 1.65. The van der Waals surface area contributed by atoms with E-state index in [9.17, 15) is 4.79 Å². The van der Waals surface area contributed by atoms with E-state index < -0.39 is 5.41 Å². The van der Waals surface area contributed by atoms with Gasteiger partial charge in [-0.2, -0.15) is 0 Å². The molecule has 1 amide bonds. The van der Waals surface area contributed by atoms with Crippen molar-refractivity contribution in [3.8, 4) is 17.2 Å². The molecule has 1 heterocycles. The Hall–Kier alpha value is -3.02. The zero-order valence-electron chi connectivity index (χ0n) is 20.8. The molecular weight excluding hydrogens is 472 g/mol. The molecule has 0 aromatic heterocycles. The minimum atomic E-state index is -0.392. The summed E-state index contributed by atoms with van der Waals surface area (Å²) in [4.78, 5) is 18.3. The number of carbonyl (C=O) groups is 1. The van der Waals surface area contributed by atoms with Crippen LogP contribution in [-0.4, -0.2) is 49.0 Å². The van der Waals surface area contributed by atoms with Gasteiger partial charge in [0, 0.05) is 37.7 Å². The summed E-state index contributed by atoms with van der Waals surface area (Å²) in [5.41, 5.74) is 1.91. The highest BCUT2D eigenvalue weighted by molar-refractivity contribution is 6.30. The van der Waals surface area contributed by atoms with Crippen LogP contribution in [-0.2, 0) is 16.8 Å². The quantitative estimate of drug-likeness (QED) is 0.379. The molecule has 1 aliphatic carbocycles. The first-order valence-electron chi connectivity index (χ1n) is 12.7. The van der Waals surface area contributed by atoms with E-state index in [1.807, 2.05) is 60.7 Å². The van der Waals surface area contributed by atoms with Crippen molar-refractivity contribution >= 4 is 17.5 Å². The Morgan fingerprint density at radius 3 is 2.28 bits per heavy atom. The van der Waals surface area contributed by atoms with Gasteiger partial charge in [0.1, 0.15) is 5.75 Å². The lowest BCUT2D eigenvalue weighted by molar-refractivity contribution is -0.139. The van der Waals surface area contributed by atoms with Gasteiger partial charge in [-0.05, 0) is 60.4 Å². The number of amides is 1. The standard InChI is InChI=1S/C30H33ClN2O3/c1-35-27-9-2-3-10-28(27)36-26-8-6-7-23(21-26)22-32-17-19-33(20-18-32)29(34)30(15-4-5-16-30)24-11-13-25(31)14-12-24/h2-3,6-14,21H,4-5,15-20,22H2,1H3. The molecule has 36 heavy (non-hydrogen) atoms. The lowest BCUT2D eigenvalue weighted by Gasteiger charge is -2.40. The molecule has 6 heteroatoms. The van der Waals surface area contributed by atoms with E-state index in [2.05, 4.69) is 21.9 Å². The minimum Gasteiger partial charge on any atom is -0.493 e. The number of piperazine rings is 1. The summed E-state index contributed by atoms with van der Waals surface area (Å²) in [6, 6.07) is 23.8. The fourth-order valence-corrected chi connectivity index (χ4v) is 5.71. The van der Waals surface area contributed by atoms with Crippen LogP contribution in [0.2, 0.25) is 5.02 Å². The SMILES string of the molecule is COc1ccccc1Oc1cccc(CN2CCN(C(=O)C3(c4ccc(Cl)cc4)CCCC3)CC2)c1. The normalized spacial score (nSPS) is 17.7. The lowest BCUT2D eigenvalue weighted by Crippen LogP contribution is -2.53. The molecule has 0 N–H and O–H groups in total. The van der Waals surface area contributed by atoms with Gasteiger partial charge >= 0.3 is 0 Å². The zero-order chi connectivity index (χ0) is 25.0. The highest BCUT2D eigenvalue weighted by atomic mass is 35.5. The highest BCUT2D eigenvalue weighted by Gasteiger charge is 2.45. The first-order valence-corrected chi connectivity index (χ1v) is 13.1. The van der Waals surface area contributed by atoms with Gasteiger partial charge in [-0.15, -0.1) is 0 Å². The molecular formula is C30H33ClN2O3. The molecule has 0 spiro atoms. The van der Waals surface area contributed by atoms with Crippen LogP contribution < -0.4 is 9.47 Å². The zero-order valence-corrected chi connectivity index (χ0v) is 21.5. The molecule has 2 fully saturated rings. The van der Waals surface area contributed by atoms with Gasteiger partial charge in [-0.1, -0.05) is 60.8 Å². The number of methoxy groups -OCH3 is 1. The number of rotatable bonds is 7. The van der Waals surface area contributed by atoms with Crippen molar-refractivity contribution in [2.45, 2.75) is 37.6 Å². The van der Waals surface area contributed by atoms with Crippen molar-refractivity contribution in [2.24, 2.45) is 0 Å². The molecule has 0 atom stereocenters. The van der Waals surface area contributed by atoms with E-state index in [0.29, 0.717) is 16.5 Å². The van der Waals surface area contributed by atoms with Gasteiger partial charge in [0.25, 0.3) is 0 Å². The molecule has 5 rings (SSSR count). The van der Waals surface area contributed by atoms with Crippen LogP contribution in [0, 0.1) is 0 Å². The average molecular weight is 505 g/mol. The Labute approximate surface area is 218 Å². The summed E-state index contributed by atoms with van der Waals surface area (Å²) in [5, 5.41) is 0.713. The fraction of sp³-hybridized carbons (Fsp3) is 0.367. The van der Waals surface area contributed by atoms with E-state index in [1.54, 1.807) is 7.11 Å². The van der Waals surface area contributed by atoms with Crippen molar-refractivity contribution in [1.29, 1.82) is 0 Å². The maximum atomic E-state index is 13.8. The van der Waals surface area contributed by atoms with Crippen LogP contribution in [0.25, 0.3) is 0 Å². The Bertz CT molecular complexity index is 1180. The highest BCUT2D eigenvalue weighted by Crippen LogP contribution is 2.43. The van der Waals surface area contributed by atoms with Crippen LogP contribution in [0.15, 0.2) is 72.8 Å². The van der Waals surface area contributed by atoms with Crippen molar-refractivity contribution in [2.75, 3.05) is 33.3 Å². The number of ether oxygens (including phenoxy) is 2. The Morgan fingerprint density at radius 2 is 1.58 bits per heavy atom. The number of halogens is 1. The first kappa shape index (κ1) is 24.7. The average Bonchev–Trinajstić information content (AvgIpc) is 3.41. The van der Waals surface area contributed by atoms with Gasteiger partial charge in [0.15, 0.2) is 11.5 Å². The smallest absolute Gasteiger partial charge is 0.233 e. The molecule has 188 valence electrons. The van der Waals surface area contributed by atoms with Crippen molar-refractivity contribution in [1.82, 2.24) is 9.80 Å². The molecule has 0 bridgehead atoms. The molecule has 5 nitrogen and oxygen atoms in total. The topological polar surface area (TPSA) is 42.0 Å². The number of carbonyl (C=O) groups excluding carboxylic acids is 1. The summed E-state index contributed by atoms with van der Waals surface area (Å²) in [6.45, 7) is 4.06. The van der Waals surface area contributed by atoms with Gasteiger partial charge in [0.2, 0.25) is 5.91 Å². The first-order chi connectivity index (χ1) is 17.6. The number of nitrogens with zero attached hydrogens (tertiary/aromatic N) is 2. The van der Waals surface area contributed by atoms with Crippen LogP contribution in [0.5, 0.6) is 17.2 Å². The second-order valence-electron chi connectivity index (χ2n) is 9.76. The number of para-hydroxylation sites is 2. The molecule has 0 unspecified atom stereocenters. The molecule has 1 aliphatic heterocycles. The lowest BCUT2D eigenvalue weighted by atomic mass is 9.77. The summed E-state index contributed by atoms with van der Waals surface area (Å²) >= 11 is 6.12. The Balaban J connectivity index is 1.21. The molecule has 0 radical (unpaired) electrons. The van der Waals surface area contributed by atoms with Crippen LogP contribution >= 0.6 is 11.6 Å².